The molecule has 0 atom stereocenters. The van der Waals surface area contributed by atoms with Crippen LogP contribution in [0, 0.1) is 0 Å². The van der Waals surface area contributed by atoms with Crippen molar-refractivity contribution in [3.63, 3.8) is 0 Å². The van der Waals surface area contributed by atoms with Gasteiger partial charge in [0.05, 0.1) is 34.4 Å². The monoisotopic (exact) mass is 295 g/mol. The zero-order chi connectivity index (χ0) is 13.2. The standard InChI is InChI=1S/C12H13N3O2S2/c13-7-1-2-9-10(3-7)19-12(14-9)15-11(16)6-18-8-4-17-5-8/h1-3,8H,4-6,13H2,(H,14,15,16). The number of aromatic nitrogens is 1. The normalized spacial score (nSPS) is 15.4. The van der Waals surface area contributed by atoms with Crippen LogP contribution in [0.15, 0.2) is 18.2 Å². The van der Waals surface area contributed by atoms with E-state index in [1.165, 1.54) is 11.3 Å². The van der Waals surface area contributed by atoms with E-state index in [1.807, 2.05) is 12.1 Å². The van der Waals surface area contributed by atoms with Crippen molar-refractivity contribution in [3.8, 4) is 0 Å². The average Bonchev–Trinajstić information content (AvgIpc) is 2.68. The summed E-state index contributed by atoms with van der Waals surface area (Å²) in [4.78, 5) is 16.1. The van der Waals surface area contributed by atoms with Gasteiger partial charge in [0.15, 0.2) is 5.13 Å². The highest BCUT2D eigenvalue weighted by molar-refractivity contribution is 8.00. The number of thioether (sulfide) groups is 1. The summed E-state index contributed by atoms with van der Waals surface area (Å²) in [6.45, 7) is 1.50. The summed E-state index contributed by atoms with van der Waals surface area (Å²) in [6, 6.07) is 5.53. The Morgan fingerprint density at radius 2 is 2.42 bits per heavy atom. The summed E-state index contributed by atoms with van der Waals surface area (Å²) >= 11 is 3.06. The highest BCUT2D eigenvalue weighted by atomic mass is 32.2. The number of nitrogens with one attached hydrogen (secondary N) is 1. The number of hydrogen-bond acceptors (Lipinski definition) is 6. The Hall–Kier alpha value is -1.31. The van der Waals surface area contributed by atoms with E-state index in [4.69, 9.17) is 10.5 Å². The maximum Gasteiger partial charge on any atom is 0.236 e. The van der Waals surface area contributed by atoms with Crippen LogP contribution >= 0.6 is 23.1 Å². The number of fused-ring (bicyclic) bond motifs is 1. The number of nitrogen functional groups attached to an aromatic ring is 1. The van der Waals surface area contributed by atoms with Crippen LogP contribution in [0.2, 0.25) is 0 Å². The molecule has 3 N–H and O–H groups in total. The Bertz CT molecular complexity index is 610. The highest BCUT2D eigenvalue weighted by Gasteiger charge is 2.20. The number of benzene rings is 1. The van der Waals surface area contributed by atoms with E-state index in [0.717, 1.165) is 23.4 Å². The van der Waals surface area contributed by atoms with E-state index in [1.54, 1.807) is 17.8 Å². The zero-order valence-electron chi connectivity index (χ0n) is 10.1. The number of nitrogens with zero attached hydrogens (tertiary/aromatic N) is 1. The number of hydrogen-bond donors (Lipinski definition) is 2. The van der Waals surface area contributed by atoms with Gasteiger partial charge in [0.25, 0.3) is 0 Å². The Morgan fingerprint density at radius 3 is 3.16 bits per heavy atom. The Labute approximate surface area is 118 Å². The molecule has 1 aromatic carbocycles. The molecule has 1 aliphatic rings. The lowest BCUT2D eigenvalue weighted by Gasteiger charge is -2.24. The number of thiazole rings is 1. The maximum atomic E-state index is 11.8. The second-order valence-corrected chi connectivity index (χ2v) is 6.58. The molecule has 2 heterocycles. The fourth-order valence-electron chi connectivity index (χ4n) is 1.65. The van der Waals surface area contributed by atoms with Crippen LogP contribution in [0.1, 0.15) is 0 Å². The Morgan fingerprint density at radius 1 is 1.58 bits per heavy atom. The molecule has 5 nitrogen and oxygen atoms in total. The number of carbonyl (C=O) groups is 1. The summed E-state index contributed by atoms with van der Waals surface area (Å²) in [5.74, 6) is 0.412. The van der Waals surface area contributed by atoms with Crippen molar-refractivity contribution in [2.75, 3.05) is 30.0 Å². The molecule has 3 rings (SSSR count). The molecule has 1 aliphatic heterocycles. The van der Waals surface area contributed by atoms with Crippen molar-refractivity contribution in [3.05, 3.63) is 18.2 Å². The molecule has 0 radical (unpaired) electrons. The lowest BCUT2D eigenvalue weighted by atomic mass is 10.3. The average molecular weight is 295 g/mol. The summed E-state index contributed by atoms with van der Waals surface area (Å²) in [6.07, 6.45) is 0. The summed E-state index contributed by atoms with van der Waals surface area (Å²) in [5, 5.41) is 3.90. The largest absolute Gasteiger partial charge is 0.399 e. The fraction of sp³-hybridized carbons (Fsp3) is 0.333. The van der Waals surface area contributed by atoms with Crippen LogP contribution in [0.4, 0.5) is 10.8 Å². The first-order valence-corrected chi connectivity index (χ1v) is 7.72. The Balaban J connectivity index is 1.62. The number of carbonyl (C=O) groups excluding carboxylic acids is 1. The molecule has 0 saturated carbocycles. The minimum absolute atomic E-state index is 0.0241. The van der Waals surface area contributed by atoms with Crippen LogP contribution < -0.4 is 11.1 Å². The van der Waals surface area contributed by atoms with Gasteiger partial charge in [-0.3, -0.25) is 4.79 Å². The number of nitrogens with two attached hydrogens (primary N) is 1. The summed E-state index contributed by atoms with van der Waals surface area (Å²) in [7, 11) is 0. The first kappa shape index (κ1) is 12.7. The van der Waals surface area contributed by atoms with Gasteiger partial charge < -0.3 is 15.8 Å². The van der Waals surface area contributed by atoms with Crippen LogP contribution in [0.3, 0.4) is 0 Å². The molecule has 0 spiro atoms. The van der Waals surface area contributed by atoms with E-state index >= 15 is 0 Å². The van der Waals surface area contributed by atoms with Crippen LogP contribution in [-0.4, -0.2) is 35.1 Å². The van der Waals surface area contributed by atoms with Crippen LogP contribution in [0.25, 0.3) is 10.2 Å². The number of anilines is 2. The highest BCUT2D eigenvalue weighted by Crippen LogP contribution is 2.27. The molecule has 0 bridgehead atoms. The van der Waals surface area contributed by atoms with Crippen LogP contribution in [0.5, 0.6) is 0 Å². The van der Waals surface area contributed by atoms with E-state index in [-0.39, 0.29) is 5.91 Å². The van der Waals surface area contributed by atoms with Crippen molar-refractivity contribution in [1.82, 2.24) is 4.98 Å². The van der Waals surface area contributed by atoms with Crippen molar-refractivity contribution in [2.24, 2.45) is 0 Å². The summed E-state index contributed by atoms with van der Waals surface area (Å²) in [5.41, 5.74) is 7.27. The molecule has 19 heavy (non-hydrogen) atoms. The van der Waals surface area contributed by atoms with Gasteiger partial charge in [-0.15, -0.1) is 11.8 Å². The predicted octanol–water partition coefficient (Wildman–Crippen LogP) is 1.95. The van der Waals surface area contributed by atoms with Crippen molar-refractivity contribution < 1.29 is 9.53 Å². The van der Waals surface area contributed by atoms with E-state index in [0.29, 0.717) is 21.8 Å². The minimum atomic E-state index is -0.0241. The number of amides is 1. The van der Waals surface area contributed by atoms with E-state index < -0.39 is 0 Å². The smallest absolute Gasteiger partial charge is 0.236 e. The number of ether oxygens (including phenoxy) is 1. The van der Waals surface area contributed by atoms with Gasteiger partial charge in [-0.05, 0) is 18.2 Å². The predicted molar refractivity (Wildman–Crippen MR) is 79.7 cm³/mol. The SMILES string of the molecule is Nc1ccc2nc(NC(=O)CSC3COC3)sc2c1. The fourth-order valence-corrected chi connectivity index (χ4v) is 3.43. The van der Waals surface area contributed by atoms with Crippen LogP contribution in [-0.2, 0) is 9.53 Å². The molecule has 100 valence electrons. The summed E-state index contributed by atoms with van der Waals surface area (Å²) < 4.78 is 6.04. The van der Waals surface area contributed by atoms with Gasteiger partial charge in [-0.25, -0.2) is 4.98 Å². The molecule has 0 aliphatic carbocycles. The van der Waals surface area contributed by atoms with E-state index in [9.17, 15) is 4.79 Å². The van der Waals surface area contributed by atoms with Gasteiger partial charge in [0, 0.05) is 5.69 Å². The first-order chi connectivity index (χ1) is 9.20. The lowest BCUT2D eigenvalue weighted by molar-refractivity contribution is -0.113. The topological polar surface area (TPSA) is 77.2 Å². The van der Waals surface area contributed by atoms with Gasteiger partial charge in [-0.1, -0.05) is 11.3 Å². The third kappa shape index (κ3) is 2.99. The Kier molecular flexibility index (Phi) is 3.58. The van der Waals surface area contributed by atoms with Crippen molar-refractivity contribution in [1.29, 1.82) is 0 Å². The quantitative estimate of drug-likeness (QED) is 0.843. The zero-order valence-corrected chi connectivity index (χ0v) is 11.7. The molecular weight excluding hydrogens is 282 g/mol. The molecule has 1 fully saturated rings. The van der Waals surface area contributed by atoms with E-state index in [2.05, 4.69) is 10.3 Å². The number of rotatable bonds is 4. The molecule has 7 heteroatoms. The third-order valence-corrected chi connectivity index (χ3v) is 4.82. The van der Waals surface area contributed by atoms with Gasteiger partial charge in [0.1, 0.15) is 0 Å². The second kappa shape index (κ2) is 5.36. The molecule has 0 unspecified atom stereocenters. The first-order valence-electron chi connectivity index (χ1n) is 5.86. The molecule has 2 aromatic rings. The van der Waals surface area contributed by atoms with Gasteiger partial charge >= 0.3 is 0 Å². The van der Waals surface area contributed by atoms with Gasteiger partial charge in [-0.2, -0.15) is 0 Å². The second-order valence-electron chi connectivity index (χ2n) is 4.26. The van der Waals surface area contributed by atoms with Gasteiger partial charge in [0.2, 0.25) is 5.91 Å². The minimum Gasteiger partial charge on any atom is -0.399 e. The maximum absolute atomic E-state index is 11.8. The molecule has 1 saturated heterocycles. The molecular formula is C12H13N3O2S2. The van der Waals surface area contributed by atoms with Crippen molar-refractivity contribution in [2.45, 2.75) is 5.25 Å². The molecule has 1 aromatic heterocycles. The third-order valence-electron chi connectivity index (χ3n) is 2.72. The molecule has 1 amide bonds. The lowest BCUT2D eigenvalue weighted by Crippen LogP contribution is -2.31. The van der Waals surface area contributed by atoms with Crippen molar-refractivity contribution >= 4 is 50.0 Å².